The summed E-state index contributed by atoms with van der Waals surface area (Å²) < 4.78 is 0. The lowest BCUT2D eigenvalue weighted by Gasteiger charge is -2.37. The normalized spacial score (nSPS) is 35.0. The summed E-state index contributed by atoms with van der Waals surface area (Å²) in [6.07, 6.45) is 2.68. The first-order valence-corrected chi connectivity index (χ1v) is 5.09. The second-order valence-corrected chi connectivity index (χ2v) is 4.45. The van der Waals surface area contributed by atoms with Gasteiger partial charge in [-0.05, 0) is 39.2 Å². The summed E-state index contributed by atoms with van der Waals surface area (Å²) in [4.78, 5) is 2.52. The Bertz CT molecular complexity index is 134. The molecule has 0 aromatic rings. The maximum atomic E-state index is 5.78. The minimum Gasteiger partial charge on any atom is -0.327 e. The number of likely N-dealkylation sites (tertiary alicyclic amines) is 1. The molecule has 0 aromatic heterocycles. The first kappa shape index (κ1) is 10.0. The van der Waals surface area contributed by atoms with Crippen LogP contribution in [0.5, 0.6) is 0 Å². The molecule has 12 heavy (non-hydrogen) atoms. The topological polar surface area (TPSA) is 29.3 Å². The van der Waals surface area contributed by atoms with E-state index in [4.69, 9.17) is 5.73 Å². The lowest BCUT2D eigenvalue weighted by molar-refractivity contribution is 0.124. The largest absolute Gasteiger partial charge is 0.327 e. The zero-order valence-electron chi connectivity index (χ0n) is 8.59. The van der Waals surface area contributed by atoms with Crippen molar-refractivity contribution in [3.63, 3.8) is 0 Å². The SMILES string of the molecule is CC1CCN(C[C@@H](C)N)C(C)C1. The van der Waals surface area contributed by atoms with E-state index in [1.807, 2.05) is 0 Å². The molecule has 0 aliphatic carbocycles. The Balaban J connectivity index is 2.34. The molecule has 1 heterocycles. The summed E-state index contributed by atoms with van der Waals surface area (Å²) in [5.74, 6) is 0.907. The summed E-state index contributed by atoms with van der Waals surface area (Å²) in [6, 6.07) is 1.06. The fraction of sp³-hybridized carbons (Fsp3) is 1.00. The van der Waals surface area contributed by atoms with Crippen molar-refractivity contribution in [1.82, 2.24) is 4.90 Å². The van der Waals surface area contributed by atoms with E-state index in [2.05, 4.69) is 25.7 Å². The molecular formula is C10H22N2. The van der Waals surface area contributed by atoms with Crippen LogP contribution in [0.3, 0.4) is 0 Å². The van der Waals surface area contributed by atoms with E-state index in [0.717, 1.165) is 18.5 Å². The number of piperidine rings is 1. The van der Waals surface area contributed by atoms with Gasteiger partial charge in [-0.1, -0.05) is 6.92 Å². The average Bonchev–Trinajstić information content (AvgIpc) is 1.94. The predicted molar refractivity (Wildman–Crippen MR) is 53.1 cm³/mol. The number of nitrogens with zero attached hydrogens (tertiary/aromatic N) is 1. The van der Waals surface area contributed by atoms with E-state index in [1.165, 1.54) is 19.4 Å². The van der Waals surface area contributed by atoms with Crippen LogP contribution in [-0.4, -0.2) is 30.1 Å². The summed E-state index contributed by atoms with van der Waals surface area (Å²) in [5, 5.41) is 0. The van der Waals surface area contributed by atoms with Gasteiger partial charge in [-0.2, -0.15) is 0 Å². The van der Waals surface area contributed by atoms with E-state index in [9.17, 15) is 0 Å². The van der Waals surface area contributed by atoms with E-state index in [0.29, 0.717) is 6.04 Å². The van der Waals surface area contributed by atoms with Gasteiger partial charge in [-0.3, -0.25) is 4.90 Å². The molecule has 0 radical (unpaired) electrons. The third-order valence-corrected chi connectivity index (χ3v) is 2.80. The Morgan fingerprint density at radius 3 is 2.67 bits per heavy atom. The van der Waals surface area contributed by atoms with Crippen molar-refractivity contribution in [1.29, 1.82) is 0 Å². The molecule has 1 fully saturated rings. The zero-order chi connectivity index (χ0) is 9.14. The molecule has 2 heteroatoms. The lowest BCUT2D eigenvalue weighted by atomic mass is 9.93. The monoisotopic (exact) mass is 170 g/mol. The van der Waals surface area contributed by atoms with Crippen molar-refractivity contribution in [2.75, 3.05) is 13.1 Å². The van der Waals surface area contributed by atoms with Crippen LogP contribution >= 0.6 is 0 Å². The Morgan fingerprint density at radius 2 is 2.17 bits per heavy atom. The van der Waals surface area contributed by atoms with Gasteiger partial charge in [0.25, 0.3) is 0 Å². The summed E-state index contributed by atoms with van der Waals surface area (Å²) in [7, 11) is 0. The average molecular weight is 170 g/mol. The minimum absolute atomic E-state index is 0.320. The fourth-order valence-corrected chi connectivity index (χ4v) is 2.10. The molecule has 1 rings (SSSR count). The molecule has 0 spiro atoms. The van der Waals surface area contributed by atoms with E-state index in [-0.39, 0.29) is 0 Å². The molecule has 0 bridgehead atoms. The highest BCUT2D eigenvalue weighted by molar-refractivity contribution is 4.78. The zero-order valence-corrected chi connectivity index (χ0v) is 8.59. The van der Waals surface area contributed by atoms with Crippen molar-refractivity contribution in [3.05, 3.63) is 0 Å². The fourth-order valence-electron chi connectivity index (χ4n) is 2.10. The maximum absolute atomic E-state index is 5.78. The van der Waals surface area contributed by atoms with Gasteiger partial charge in [-0.25, -0.2) is 0 Å². The van der Waals surface area contributed by atoms with Crippen molar-refractivity contribution in [3.8, 4) is 0 Å². The molecule has 0 aromatic carbocycles. The quantitative estimate of drug-likeness (QED) is 0.679. The summed E-state index contributed by atoms with van der Waals surface area (Å²) >= 11 is 0. The standard InChI is InChI=1S/C10H22N2/c1-8-4-5-12(7-9(2)11)10(3)6-8/h8-10H,4-7,11H2,1-3H3/t8?,9-,10?/m1/s1. The van der Waals surface area contributed by atoms with Gasteiger partial charge >= 0.3 is 0 Å². The highest BCUT2D eigenvalue weighted by Crippen LogP contribution is 2.21. The van der Waals surface area contributed by atoms with Gasteiger partial charge in [0.1, 0.15) is 0 Å². The van der Waals surface area contributed by atoms with Crippen LogP contribution in [0.25, 0.3) is 0 Å². The van der Waals surface area contributed by atoms with Gasteiger partial charge in [-0.15, -0.1) is 0 Å². The molecule has 2 unspecified atom stereocenters. The van der Waals surface area contributed by atoms with Gasteiger partial charge in [0.05, 0.1) is 0 Å². The first-order chi connectivity index (χ1) is 5.59. The smallest absolute Gasteiger partial charge is 0.0139 e. The Labute approximate surface area is 76.1 Å². The molecule has 2 nitrogen and oxygen atoms in total. The predicted octanol–water partition coefficient (Wildman–Crippen LogP) is 1.45. The van der Waals surface area contributed by atoms with Crippen LogP contribution in [0.4, 0.5) is 0 Å². The second kappa shape index (κ2) is 4.24. The van der Waals surface area contributed by atoms with Gasteiger partial charge < -0.3 is 5.73 Å². The van der Waals surface area contributed by atoms with Crippen LogP contribution in [0.15, 0.2) is 0 Å². The highest BCUT2D eigenvalue weighted by atomic mass is 15.2. The van der Waals surface area contributed by atoms with Crippen molar-refractivity contribution >= 4 is 0 Å². The number of nitrogens with two attached hydrogens (primary N) is 1. The second-order valence-electron chi connectivity index (χ2n) is 4.45. The van der Waals surface area contributed by atoms with Crippen LogP contribution in [-0.2, 0) is 0 Å². The molecule has 72 valence electrons. The maximum Gasteiger partial charge on any atom is 0.0139 e. The van der Waals surface area contributed by atoms with Crippen molar-refractivity contribution in [2.24, 2.45) is 11.7 Å². The first-order valence-electron chi connectivity index (χ1n) is 5.09. The molecular weight excluding hydrogens is 148 g/mol. The van der Waals surface area contributed by atoms with Gasteiger partial charge in [0.2, 0.25) is 0 Å². The van der Waals surface area contributed by atoms with Crippen LogP contribution in [0.2, 0.25) is 0 Å². The summed E-state index contributed by atoms with van der Waals surface area (Å²) in [5.41, 5.74) is 5.78. The van der Waals surface area contributed by atoms with Crippen LogP contribution < -0.4 is 5.73 Å². The van der Waals surface area contributed by atoms with Gasteiger partial charge in [0.15, 0.2) is 0 Å². The van der Waals surface area contributed by atoms with Gasteiger partial charge in [0, 0.05) is 18.6 Å². The number of hydrogen-bond acceptors (Lipinski definition) is 2. The van der Waals surface area contributed by atoms with E-state index < -0.39 is 0 Å². The molecule has 1 aliphatic heterocycles. The molecule has 1 aliphatic rings. The lowest BCUT2D eigenvalue weighted by Crippen LogP contribution is -2.45. The summed E-state index contributed by atoms with van der Waals surface area (Å²) in [6.45, 7) is 9.06. The minimum atomic E-state index is 0.320. The number of hydrogen-bond donors (Lipinski definition) is 1. The van der Waals surface area contributed by atoms with E-state index in [1.54, 1.807) is 0 Å². The van der Waals surface area contributed by atoms with Crippen LogP contribution in [0.1, 0.15) is 33.6 Å². The highest BCUT2D eigenvalue weighted by Gasteiger charge is 2.22. The molecule has 3 atom stereocenters. The van der Waals surface area contributed by atoms with Crippen LogP contribution in [0, 0.1) is 5.92 Å². The number of rotatable bonds is 2. The molecule has 0 amide bonds. The Kier molecular flexibility index (Phi) is 3.53. The van der Waals surface area contributed by atoms with Crippen molar-refractivity contribution < 1.29 is 0 Å². The third-order valence-electron chi connectivity index (χ3n) is 2.80. The molecule has 2 N–H and O–H groups in total. The van der Waals surface area contributed by atoms with Crippen molar-refractivity contribution in [2.45, 2.75) is 45.7 Å². The third kappa shape index (κ3) is 2.76. The molecule has 1 saturated heterocycles. The van der Waals surface area contributed by atoms with E-state index >= 15 is 0 Å². The Hall–Kier alpha value is -0.0800. The molecule has 0 saturated carbocycles. The Morgan fingerprint density at radius 1 is 1.50 bits per heavy atom.